The van der Waals surface area contributed by atoms with Crippen LogP contribution < -0.4 is 5.32 Å². The number of carbonyl (C=O) groups is 1. The smallest absolute Gasteiger partial charge is 0.227 e. The molecule has 100 valence electrons. The molecule has 2 N–H and O–H groups in total. The van der Waals surface area contributed by atoms with E-state index in [1.54, 1.807) is 0 Å². The van der Waals surface area contributed by atoms with Gasteiger partial charge in [0.2, 0.25) is 5.91 Å². The van der Waals surface area contributed by atoms with Gasteiger partial charge in [0, 0.05) is 0 Å². The molecule has 0 fully saturated rings. The average Bonchev–Trinajstić information content (AvgIpc) is 2.45. The number of carbonyl (C=O) groups excluding carboxylic acids is 1. The van der Waals surface area contributed by atoms with Crippen LogP contribution in [0.3, 0.4) is 0 Å². The van der Waals surface area contributed by atoms with E-state index in [1.807, 2.05) is 51.1 Å². The maximum Gasteiger partial charge on any atom is 0.227 e. The molecule has 0 spiro atoms. The van der Waals surface area contributed by atoms with Crippen LogP contribution in [0.1, 0.15) is 45.1 Å². The fourth-order valence-corrected chi connectivity index (χ4v) is 1.95. The van der Waals surface area contributed by atoms with Crippen molar-refractivity contribution in [2.45, 2.75) is 45.1 Å². The molecule has 3 heteroatoms. The number of amides is 1. The number of hydrogen-bond donors (Lipinski definition) is 2. The fourth-order valence-electron chi connectivity index (χ4n) is 1.95. The van der Waals surface area contributed by atoms with Gasteiger partial charge in [0.05, 0.1) is 18.1 Å². The molecule has 18 heavy (non-hydrogen) atoms. The number of aliphatic hydroxyl groups excluding tert-OH is 1. The Labute approximate surface area is 109 Å². The molecular weight excluding hydrogens is 226 g/mol. The minimum Gasteiger partial charge on any atom is -0.394 e. The molecule has 0 aliphatic carbocycles. The van der Waals surface area contributed by atoms with Crippen molar-refractivity contribution in [2.75, 3.05) is 6.61 Å². The monoisotopic (exact) mass is 249 g/mol. The van der Waals surface area contributed by atoms with Gasteiger partial charge in [-0.15, -0.1) is 0 Å². The molecule has 0 aliphatic heterocycles. The summed E-state index contributed by atoms with van der Waals surface area (Å²) in [6.45, 7) is 5.83. The predicted octanol–water partition coefficient (Wildman–Crippen LogP) is 2.46. The van der Waals surface area contributed by atoms with Gasteiger partial charge in [0.1, 0.15) is 0 Å². The Hall–Kier alpha value is -1.35. The van der Waals surface area contributed by atoms with Crippen molar-refractivity contribution in [1.82, 2.24) is 5.32 Å². The Morgan fingerprint density at radius 1 is 1.28 bits per heavy atom. The summed E-state index contributed by atoms with van der Waals surface area (Å²) in [6, 6.07) is 9.69. The van der Waals surface area contributed by atoms with Crippen molar-refractivity contribution in [3.63, 3.8) is 0 Å². The lowest BCUT2D eigenvalue weighted by Gasteiger charge is -2.32. The summed E-state index contributed by atoms with van der Waals surface area (Å²) < 4.78 is 0. The number of hydrogen-bond acceptors (Lipinski definition) is 2. The quantitative estimate of drug-likeness (QED) is 0.813. The van der Waals surface area contributed by atoms with Crippen LogP contribution in [0.4, 0.5) is 0 Å². The first-order valence-corrected chi connectivity index (χ1v) is 6.56. The molecule has 0 saturated heterocycles. The van der Waals surface area contributed by atoms with Crippen molar-refractivity contribution < 1.29 is 9.90 Å². The number of rotatable bonds is 6. The predicted molar refractivity (Wildman–Crippen MR) is 73.4 cm³/mol. The third-order valence-electron chi connectivity index (χ3n) is 3.74. The third-order valence-corrected chi connectivity index (χ3v) is 3.74. The van der Waals surface area contributed by atoms with Crippen LogP contribution >= 0.6 is 0 Å². The molecule has 1 aromatic carbocycles. The van der Waals surface area contributed by atoms with Gasteiger partial charge < -0.3 is 10.4 Å². The first kappa shape index (κ1) is 14.7. The summed E-state index contributed by atoms with van der Waals surface area (Å²) in [7, 11) is 0. The van der Waals surface area contributed by atoms with E-state index in [4.69, 9.17) is 0 Å². The largest absolute Gasteiger partial charge is 0.394 e. The standard InChI is InChI=1S/C15H23NO2/c1-4-15(5-2,11-17)16-14(18)12(3)13-9-7-6-8-10-13/h6-10,12,17H,4-5,11H2,1-3H3,(H,16,18). The van der Waals surface area contributed by atoms with Crippen LogP contribution in [0.25, 0.3) is 0 Å². The fraction of sp³-hybridized carbons (Fsp3) is 0.533. The second-order valence-electron chi connectivity index (χ2n) is 4.77. The molecule has 3 nitrogen and oxygen atoms in total. The molecule has 0 radical (unpaired) electrons. The van der Waals surface area contributed by atoms with Crippen molar-refractivity contribution in [3.05, 3.63) is 35.9 Å². The van der Waals surface area contributed by atoms with Crippen LogP contribution in [0.2, 0.25) is 0 Å². The van der Waals surface area contributed by atoms with Crippen molar-refractivity contribution in [3.8, 4) is 0 Å². The molecule has 0 aliphatic rings. The molecule has 1 atom stereocenters. The highest BCUT2D eigenvalue weighted by molar-refractivity contribution is 5.83. The summed E-state index contributed by atoms with van der Waals surface area (Å²) in [4.78, 5) is 12.2. The van der Waals surface area contributed by atoms with Crippen LogP contribution in [0, 0.1) is 0 Å². The van der Waals surface area contributed by atoms with E-state index in [0.717, 1.165) is 18.4 Å². The number of nitrogens with one attached hydrogen (secondary N) is 1. The summed E-state index contributed by atoms with van der Waals surface area (Å²) in [5, 5.41) is 12.5. The lowest BCUT2D eigenvalue weighted by Crippen LogP contribution is -2.51. The Balaban J connectivity index is 2.76. The highest BCUT2D eigenvalue weighted by Crippen LogP contribution is 2.19. The van der Waals surface area contributed by atoms with E-state index in [1.165, 1.54) is 0 Å². The highest BCUT2D eigenvalue weighted by Gasteiger charge is 2.29. The summed E-state index contributed by atoms with van der Waals surface area (Å²) in [6.07, 6.45) is 1.46. The van der Waals surface area contributed by atoms with Gasteiger partial charge >= 0.3 is 0 Å². The highest BCUT2D eigenvalue weighted by atomic mass is 16.3. The molecule has 0 bridgehead atoms. The van der Waals surface area contributed by atoms with E-state index in [-0.39, 0.29) is 18.4 Å². The van der Waals surface area contributed by atoms with Crippen molar-refractivity contribution >= 4 is 5.91 Å². The van der Waals surface area contributed by atoms with Gasteiger partial charge in [-0.1, -0.05) is 44.2 Å². The second-order valence-corrected chi connectivity index (χ2v) is 4.77. The van der Waals surface area contributed by atoms with Crippen LogP contribution in [-0.4, -0.2) is 23.2 Å². The Morgan fingerprint density at radius 3 is 2.28 bits per heavy atom. The molecule has 1 amide bonds. The second kappa shape index (κ2) is 6.55. The van der Waals surface area contributed by atoms with Crippen LogP contribution in [0.15, 0.2) is 30.3 Å². The zero-order valence-electron chi connectivity index (χ0n) is 11.4. The minimum atomic E-state index is -0.486. The minimum absolute atomic E-state index is 0.0206. The molecule has 1 aromatic rings. The van der Waals surface area contributed by atoms with Gasteiger partial charge in [0.15, 0.2) is 0 Å². The number of benzene rings is 1. The van der Waals surface area contributed by atoms with Gasteiger partial charge in [-0.2, -0.15) is 0 Å². The zero-order chi connectivity index (χ0) is 13.6. The summed E-state index contributed by atoms with van der Waals surface area (Å²) >= 11 is 0. The van der Waals surface area contributed by atoms with Gasteiger partial charge in [-0.3, -0.25) is 4.79 Å². The lowest BCUT2D eigenvalue weighted by molar-refractivity contribution is -0.124. The van der Waals surface area contributed by atoms with E-state index in [0.29, 0.717) is 0 Å². The molecule has 0 heterocycles. The first-order valence-electron chi connectivity index (χ1n) is 6.56. The molecule has 1 rings (SSSR count). The Kier molecular flexibility index (Phi) is 5.35. The maximum atomic E-state index is 12.2. The van der Waals surface area contributed by atoms with E-state index in [2.05, 4.69) is 5.32 Å². The van der Waals surface area contributed by atoms with Gasteiger partial charge in [0.25, 0.3) is 0 Å². The SMILES string of the molecule is CCC(CC)(CO)NC(=O)C(C)c1ccccc1. The summed E-state index contributed by atoms with van der Waals surface area (Å²) in [5.74, 6) is -0.228. The van der Waals surface area contributed by atoms with E-state index >= 15 is 0 Å². The normalized spacial score (nSPS) is 13.1. The lowest BCUT2D eigenvalue weighted by atomic mass is 9.91. The number of aliphatic hydroxyl groups is 1. The van der Waals surface area contributed by atoms with Crippen molar-refractivity contribution in [2.24, 2.45) is 0 Å². The molecule has 0 saturated carbocycles. The van der Waals surface area contributed by atoms with Gasteiger partial charge in [-0.05, 0) is 25.3 Å². The summed E-state index contributed by atoms with van der Waals surface area (Å²) in [5.41, 5.74) is 0.508. The Bertz CT molecular complexity index is 363. The maximum absolute atomic E-state index is 12.2. The van der Waals surface area contributed by atoms with Crippen LogP contribution in [-0.2, 0) is 4.79 Å². The average molecular weight is 249 g/mol. The first-order chi connectivity index (χ1) is 8.58. The van der Waals surface area contributed by atoms with Crippen molar-refractivity contribution in [1.29, 1.82) is 0 Å². The molecule has 0 aromatic heterocycles. The van der Waals surface area contributed by atoms with Crippen LogP contribution in [0.5, 0.6) is 0 Å². The van der Waals surface area contributed by atoms with Gasteiger partial charge in [-0.25, -0.2) is 0 Å². The Morgan fingerprint density at radius 2 is 1.83 bits per heavy atom. The van der Waals surface area contributed by atoms with E-state index in [9.17, 15) is 9.90 Å². The molecular formula is C15H23NO2. The molecule has 1 unspecified atom stereocenters. The topological polar surface area (TPSA) is 49.3 Å². The third kappa shape index (κ3) is 3.33. The van der Waals surface area contributed by atoms with E-state index < -0.39 is 5.54 Å². The zero-order valence-corrected chi connectivity index (χ0v) is 11.4.